The molecule has 0 N–H and O–H groups in total. The zero-order chi connectivity index (χ0) is 11.8. The summed E-state index contributed by atoms with van der Waals surface area (Å²) in [4.78, 5) is 11.0. The largest absolute Gasteiger partial charge is 0.466 e. The Bertz CT molecular complexity index is 322. The number of carbonyl (C=O) groups is 1. The summed E-state index contributed by atoms with van der Waals surface area (Å²) in [6, 6.07) is 0. The fourth-order valence-electron chi connectivity index (χ4n) is 0.879. The van der Waals surface area contributed by atoms with Crippen LogP contribution in [0.2, 0.25) is 0 Å². The van der Waals surface area contributed by atoms with Gasteiger partial charge in [-0.1, -0.05) is 19.2 Å². The quantitative estimate of drug-likeness (QED) is 0.301. The SMILES string of the molecule is C=C(/C=C\C)OC(=C)/C=C(\C)C(=O)OC. The second-order valence-electron chi connectivity index (χ2n) is 2.85. The van der Waals surface area contributed by atoms with Gasteiger partial charge in [0.1, 0.15) is 11.5 Å². The van der Waals surface area contributed by atoms with Crippen LogP contribution in [0, 0.1) is 0 Å². The van der Waals surface area contributed by atoms with Crippen LogP contribution in [-0.4, -0.2) is 13.1 Å². The lowest BCUT2D eigenvalue weighted by atomic mass is 10.3. The summed E-state index contributed by atoms with van der Waals surface area (Å²) in [5.41, 5.74) is 0.427. The normalized spacial score (nSPS) is 11.3. The molecule has 0 rings (SSSR count). The van der Waals surface area contributed by atoms with Crippen LogP contribution in [0.4, 0.5) is 0 Å². The summed E-state index contributed by atoms with van der Waals surface area (Å²) in [5.74, 6) is 0.411. The van der Waals surface area contributed by atoms with Crippen molar-refractivity contribution in [2.24, 2.45) is 0 Å². The third-order valence-corrected chi connectivity index (χ3v) is 1.50. The van der Waals surface area contributed by atoms with E-state index in [9.17, 15) is 4.79 Å². The van der Waals surface area contributed by atoms with Crippen LogP contribution in [0.1, 0.15) is 13.8 Å². The van der Waals surface area contributed by atoms with Crippen molar-refractivity contribution in [3.63, 3.8) is 0 Å². The van der Waals surface area contributed by atoms with Crippen LogP contribution in [0.15, 0.2) is 48.5 Å². The first-order chi connectivity index (χ1) is 7.01. The molecule has 0 bridgehead atoms. The smallest absolute Gasteiger partial charge is 0.333 e. The predicted octanol–water partition coefficient (Wildman–Crippen LogP) is 2.73. The summed E-state index contributed by atoms with van der Waals surface area (Å²) >= 11 is 0. The zero-order valence-electron chi connectivity index (χ0n) is 9.37. The molecule has 0 aromatic heterocycles. The molecular weight excluding hydrogens is 192 g/mol. The fourth-order valence-corrected chi connectivity index (χ4v) is 0.879. The number of methoxy groups -OCH3 is 1. The van der Waals surface area contributed by atoms with E-state index < -0.39 is 5.97 Å². The monoisotopic (exact) mass is 208 g/mol. The molecule has 0 aliphatic heterocycles. The van der Waals surface area contributed by atoms with Crippen LogP contribution in [0.25, 0.3) is 0 Å². The molecule has 0 fully saturated rings. The van der Waals surface area contributed by atoms with Gasteiger partial charge in [-0.05, 0) is 26.0 Å². The molecule has 0 unspecified atom stereocenters. The minimum absolute atomic E-state index is 0.348. The molecule has 0 aliphatic rings. The number of ether oxygens (including phenoxy) is 2. The Balaban J connectivity index is 4.36. The fraction of sp³-hybridized carbons (Fsp3) is 0.250. The van der Waals surface area contributed by atoms with Gasteiger partial charge in [-0.3, -0.25) is 0 Å². The first-order valence-electron chi connectivity index (χ1n) is 4.46. The number of hydrogen-bond donors (Lipinski definition) is 0. The average molecular weight is 208 g/mol. The number of esters is 1. The van der Waals surface area contributed by atoms with Crippen molar-refractivity contribution >= 4 is 5.97 Å². The molecular formula is C12H16O3. The average Bonchev–Trinajstić information content (AvgIpc) is 2.16. The van der Waals surface area contributed by atoms with E-state index in [0.29, 0.717) is 17.1 Å². The molecule has 15 heavy (non-hydrogen) atoms. The minimum Gasteiger partial charge on any atom is -0.466 e. The summed E-state index contributed by atoms with van der Waals surface area (Å²) in [6.07, 6.45) is 5.00. The third kappa shape index (κ3) is 5.52. The Morgan fingerprint density at radius 1 is 1.27 bits per heavy atom. The highest BCUT2D eigenvalue weighted by Gasteiger charge is 2.03. The molecule has 3 heteroatoms. The van der Waals surface area contributed by atoms with E-state index in [1.807, 2.05) is 6.92 Å². The maximum Gasteiger partial charge on any atom is 0.333 e. The highest BCUT2D eigenvalue weighted by Crippen LogP contribution is 2.08. The van der Waals surface area contributed by atoms with E-state index in [1.165, 1.54) is 13.2 Å². The molecule has 0 atom stereocenters. The molecule has 0 spiro atoms. The summed E-state index contributed by atoms with van der Waals surface area (Å²) in [7, 11) is 1.32. The van der Waals surface area contributed by atoms with E-state index in [0.717, 1.165) is 0 Å². The van der Waals surface area contributed by atoms with Crippen molar-refractivity contribution in [2.45, 2.75) is 13.8 Å². The second kappa shape index (κ2) is 6.65. The number of rotatable bonds is 5. The van der Waals surface area contributed by atoms with Crippen LogP contribution >= 0.6 is 0 Å². The third-order valence-electron chi connectivity index (χ3n) is 1.50. The molecule has 0 saturated carbocycles. The standard InChI is InChI=1S/C12H16O3/c1-6-7-10(3)15-11(4)8-9(2)12(13)14-5/h6-8H,3-4H2,1-2,5H3/b7-6-,9-8+. The number of carbonyl (C=O) groups excluding carboxylic acids is 1. The number of hydrogen-bond acceptors (Lipinski definition) is 3. The molecule has 0 radical (unpaired) electrons. The van der Waals surface area contributed by atoms with E-state index in [4.69, 9.17) is 4.74 Å². The van der Waals surface area contributed by atoms with Crippen molar-refractivity contribution in [2.75, 3.05) is 7.11 Å². The lowest BCUT2D eigenvalue weighted by Crippen LogP contribution is -2.02. The van der Waals surface area contributed by atoms with Gasteiger partial charge in [0.05, 0.1) is 7.11 Å². The molecule has 82 valence electrons. The Hall–Kier alpha value is -1.77. The minimum atomic E-state index is -0.406. The van der Waals surface area contributed by atoms with Gasteiger partial charge >= 0.3 is 5.97 Å². The first kappa shape index (κ1) is 13.2. The van der Waals surface area contributed by atoms with Crippen molar-refractivity contribution in [1.82, 2.24) is 0 Å². The Morgan fingerprint density at radius 3 is 2.33 bits per heavy atom. The van der Waals surface area contributed by atoms with Crippen molar-refractivity contribution in [3.05, 3.63) is 48.5 Å². The maximum atomic E-state index is 11.0. The highest BCUT2D eigenvalue weighted by atomic mass is 16.5. The predicted molar refractivity (Wildman–Crippen MR) is 60.0 cm³/mol. The van der Waals surface area contributed by atoms with Crippen LogP contribution in [0.5, 0.6) is 0 Å². The number of allylic oxidation sites excluding steroid dienone is 3. The van der Waals surface area contributed by atoms with E-state index >= 15 is 0 Å². The van der Waals surface area contributed by atoms with Gasteiger partial charge in [0, 0.05) is 5.57 Å². The van der Waals surface area contributed by atoms with E-state index in [2.05, 4.69) is 17.9 Å². The van der Waals surface area contributed by atoms with Crippen LogP contribution < -0.4 is 0 Å². The van der Waals surface area contributed by atoms with Crippen molar-refractivity contribution < 1.29 is 14.3 Å². The Labute approximate surface area is 90.4 Å². The highest BCUT2D eigenvalue weighted by molar-refractivity contribution is 5.88. The van der Waals surface area contributed by atoms with Gasteiger partial charge in [0.25, 0.3) is 0 Å². The lowest BCUT2D eigenvalue weighted by molar-refractivity contribution is -0.136. The molecule has 0 amide bonds. The van der Waals surface area contributed by atoms with Crippen LogP contribution in [-0.2, 0) is 14.3 Å². The van der Waals surface area contributed by atoms with Gasteiger partial charge in [-0.25, -0.2) is 4.79 Å². The summed E-state index contributed by atoms with van der Waals surface area (Å²) < 4.78 is 9.72. The molecule has 3 nitrogen and oxygen atoms in total. The Kier molecular flexibility index (Phi) is 5.86. The Morgan fingerprint density at radius 2 is 1.87 bits per heavy atom. The molecule has 0 saturated heterocycles. The van der Waals surface area contributed by atoms with E-state index in [1.54, 1.807) is 19.1 Å². The van der Waals surface area contributed by atoms with Crippen LogP contribution in [0.3, 0.4) is 0 Å². The summed E-state index contributed by atoms with van der Waals surface area (Å²) in [5, 5.41) is 0. The van der Waals surface area contributed by atoms with Gasteiger partial charge in [-0.15, -0.1) is 0 Å². The van der Waals surface area contributed by atoms with E-state index in [-0.39, 0.29) is 0 Å². The van der Waals surface area contributed by atoms with Gasteiger partial charge in [0.15, 0.2) is 0 Å². The zero-order valence-corrected chi connectivity index (χ0v) is 9.37. The van der Waals surface area contributed by atoms with Crippen molar-refractivity contribution in [3.8, 4) is 0 Å². The van der Waals surface area contributed by atoms with Gasteiger partial charge in [0.2, 0.25) is 0 Å². The van der Waals surface area contributed by atoms with Gasteiger partial charge in [-0.2, -0.15) is 0 Å². The maximum absolute atomic E-state index is 11.0. The topological polar surface area (TPSA) is 35.5 Å². The first-order valence-corrected chi connectivity index (χ1v) is 4.46. The molecule has 0 aromatic rings. The second-order valence-corrected chi connectivity index (χ2v) is 2.85. The van der Waals surface area contributed by atoms with Gasteiger partial charge < -0.3 is 9.47 Å². The van der Waals surface area contributed by atoms with Crippen molar-refractivity contribution in [1.29, 1.82) is 0 Å². The molecule has 0 heterocycles. The molecule has 0 aliphatic carbocycles. The lowest BCUT2D eigenvalue weighted by Gasteiger charge is -2.05. The molecule has 0 aromatic carbocycles. The summed E-state index contributed by atoms with van der Waals surface area (Å²) in [6.45, 7) is 10.8.